The summed E-state index contributed by atoms with van der Waals surface area (Å²) in [5.74, 6) is 0.506. The summed E-state index contributed by atoms with van der Waals surface area (Å²) in [5.41, 5.74) is 2.54. The molecule has 2 rings (SSSR count). The maximum absolute atomic E-state index is 12.3. The van der Waals surface area contributed by atoms with Gasteiger partial charge in [-0.1, -0.05) is 13.8 Å². The number of carbonyl (C=O) groups is 1. The summed E-state index contributed by atoms with van der Waals surface area (Å²) in [7, 11) is 1.96. The van der Waals surface area contributed by atoms with Crippen LogP contribution in [0.25, 0.3) is 10.9 Å². The molecule has 0 atom stereocenters. The second-order valence-corrected chi connectivity index (χ2v) is 5.79. The largest absolute Gasteiger partial charge is 0.492 e. The summed E-state index contributed by atoms with van der Waals surface area (Å²) in [6, 6.07) is 5.90. The molecule has 1 aromatic heterocycles. The van der Waals surface area contributed by atoms with Crippen molar-refractivity contribution in [3.05, 3.63) is 29.5 Å². The standard InChI is InChI=1S/C19H28N2O3.ClH/c1-6-21(7-2)11-12-24-15-9-10-17-16(13-15)18(14(4)20(17)5)19(22)23-8-3;/h9-10,13H,6-8,11-12H2,1-5H3;1H. The molecule has 0 bridgehead atoms. The van der Waals surface area contributed by atoms with Crippen molar-refractivity contribution in [2.75, 3.05) is 32.8 Å². The van der Waals surface area contributed by atoms with Gasteiger partial charge in [0.1, 0.15) is 12.4 Å². The van der Waals surface area contributed by atoms with Gasteiger partial charge < -0.3 is 18.9 Å². The lowest BCUT2D eigenvalue weighted by atomic mass is 10.1. The SMILES string of the molecule is CCOC(=O)c1c(C)n(C)c2ccc(OCCN(CC)CC)cc12.Cl. The number of hydrogen-bond donors (Lipinski definition) is 0. The highest BCUT2D eigenvalue weighted by atomic mass is 35.5. The molecule has 1 aromatic carbocycles. The molecular weight excluding hydrogens is 340 g/mol. The molecular formula is C19H29ClN2O3. The van der Waals surface area contributed by atoms with Crippen LogP contribution in [0.2, 0.25) is 0 Å². The van der Waals surface area contributed by atoms with Crippen LogP contribution in [0.3, 0.4) is 0 Å². The maximum atomic E-state index is 12.3. The Kier molecular flexibility index (Phi) is 8.26. The highest BCUT2D eigenvalue weighted by molar-refractivity contribution is 6.06. The number of esters is 1. The number of nitrogens with zero attached hydrogens (tertiary/aromatic N) is 2. The van der Waals surface area contributed by atoms with Crippen LogP contribution >= 0.6 is 12.4 Å². The number of likely N-dealkylation sites (N-methyl/N-ethyl adjacent to an activating group) is 1. The van der Waals surface area contributed by atoms with E-state index in [1.165, 1.54) is 0 Å². The Balaban J connectivity index is 0.00000312. The lowest BCUT2D eigenvalue weighted by molar-refractivity contribution is 0.0527. The summed E-state index contributed by atoms with van der Waals surface area (Å²) in [6.45, 7) is 12.0. The van der Waals surface area contributed by atoms with Gasteiger partial charge in [-0.3, -0.25) is 0 Å². The highest BCUT2D eigenvalue weighted by Crippen LogP contribution is 2.29. The van der Waals surface area contributed by atoms with E-state index in [0.717, 1.165) is 42.0 Å². The van der Waals surface area contributed by atoms with E-state index < -0.39 is 0 Å². The van der Waals surface area contributed by atoms with Gasteiger partial charge in [0, 0.05) is 30.2 Å². The minimum atomic E-state index is -0.277. The summed E-state index contributed by atoms with van der Waals surface area (Å²) in [6.07, 6.45) is 0. The minimum absolute atomic E-state index is 0. The van der Waals surface area contributed by atoms with Gasteiger partial charge in [-0.05, 0) is 45.1 Å². The average Bonchev–Trinajstić information content (AvgIpc) is 2.83. The Morgan fingerprint density at radius 1 is 1.20 bits per heavy atom. The van der Waals surface area contributed by atoms with Crippen LogP contribution in [0.1, 0.15) is 36.8 Å². The molecule has 1 heterocycles. The first-order valence-corrected chi connectivity index (χ1v) is 8.64. The molecule has 0 spiro atoms. The van der Waals surface area contributed by atoms with Crippen molar-refractivity contribution in [1.29, 1.82) is 0 Å². The van der Waals surface area contributed by atoms with E-state index in [9.17, 15) is 4.79 Å². The van der Waals surface area contributed by atoms with Crippen LogP contribution < -0.4 is 4.74 Å². The fourth-order valence-corrected chi connectivity index (χ4v) is 2.93. The number of aryl methyl sites for hydroxylation is 1. The molecule has 0 aliphatic heterocycles. The number of carbonyl (C=O) groups excluding carboxylic acids is 1. The zero-order chi connectivity index (χ0) is 17.7. The Labute approximate surface area is 156 Å². The third kappa shape index (κ3) is 4.67. The zero-order valence-electron chi connectivity index (χ0n) is 15.8. The molecule has 0 aliphatic carbocycles. The molecule has 0 saturated heterocycles. The van der Waals surface area contributed by atoms with Gasteiger partial charge >= 0.3 is 5.97 Å². The van der Waals surface area contributed by atoms with Crippen LogP contribution in [0.4, 0.5) is 0 Å². The number of hydrogen-bond acceptors (Lipinski definition) is 4. The third-order valence-electron chi connectivity index (χ3n) is 4.51. The number of aromatic nitrogens is 1. The quantitative estimate of drug-likeness (QED) is 0.664. The smallest absolute Gasteiger partial charge is 0.340 e. The van der Waals surface area contributed by atoms with Crippen molar-refractivity contribution in [2.24, 2.45) is 7.05 Å². The fourth-order valence-electron chi connectivity index (χ4n) is 2.93. The van der Waals surface area contributed by atoms with Crippen LogP contribution in [0, 0.1) is 6.92 Å². The molecule has 140 valence electrons. The molecule has 0 amide bonds. The third-order valence-corrected chi connectivity index (χ3v) is 4.51. The first-order valence-electron chi connectivity index (χ1n) is 8.64. The molecule has 0 unspecified atom stereocenters. The van der Waals surface area contributed by atoms with Crippen LogP contribution in [0.5, 0.6) is 5.75 Å². The Morgan fingerprint density at radius 2 is 1.88 bits per heavy atom. The van der Waals surface area contributed by atoms with Crippen molar-refractivity contribution in [2.45, 2.75) is 27.7 Å². The molecule has 5 nitrogen and oxygen atoms in total. The van der Waals surface area contributed by atoms with Gasteiger partial charge in [0.25, 0.3) is 0 Å². The molecule has 2 aromatic rings. The van der Waals surface area contributed by atoms with E-state index in [2.05, 4.69) is 18.7 Å². The van der Waals surface area contributed by atoms with E-state index in [1.807, 2.05) is 43.7 Å². The van der Waals surface area contributed by atoms with Gasteiger partial charge in [-0.15, -0.1) is 12.4 Å². The fraction of sp³-hybridized carbons (Fsp3) is 0.526. The van der Waals surface area contributed by atoms with Crippen molar-refractivity contribution in [1.82, 2.24) is 9.47 Å². The molecule has 25 heavy (non-hydrogen) atoms. The molecule has 0 N–H and O–H groups in total. The van der Waals surface area contributed by atoms with E-state index >= 15 is 0 Å². The van der Waals surface area contributed by atoms with E-state index in [-0.39, 0.29) is 18.4 Å². The predicted octanol–water partition coefficient (Wildman–Crippen LogP) is 3.81. The van der Waals surface area contributed by atoms with Crippen molar-refractivity contribution in [3.63, 3.8) is 0 Å². The first-order chi connectivity index (χ1) is 11.5. The topological polar surface area (TPSA) is 43.7 Å². The summed E-state index contributed by atoms with van der Waals surface area (Å²) >= 11 is 0. The minimum Gasteiger partial charge on any atom is -0.492 e. The summed E-state index contributed by atoms with van der Waals surface area (Å²) < 4.78 is 13.1. The number of fused-ring (bicyclic) bond motifs is 1. The van der Waals surface area contributed by atoms with Crippen LogP contribution in [-0.4, -0.2) is 48.3 Å². The summed E-state index contributed by atoms with van der Waals surface area (Å²) in [5, 5.41) is 0.883. The zero-order valence-corrected chi connectivity index (χ0v) is 16.6. The molecule has 0 aliphatic rings. The van der Waals surface area contributed by atoms with Gasteiger partial charge in [-0.25, -0.2) is 4.79 Å². The monoisotopic (exact) mass is 368 g/mol. The first kappa shape index (κ1) is 21.3. The number of benzene rings is 1. The lowest BCUT2D eigenvalue weighted by Gasteiger charge is -2.18. The molecule has 0 saturated carbocycles. The van der Waals surface area contributed by atoms with Crippen molar-refractivity contribution in [3.8, 4) is 5.75 Å². The highest BCUT2D eigenvalue weighted by Gasteiger charge is 2.20. The van der Waals surface area contributed by atoms with E-state index in [4.69, 9.17) is 9.47 Å². The van der Waals surface area contributed by atoms with Gasteiger partial charge in [0.15, 0.2) is 0 Å². The Bertz CT molecular complexity index is 708. The number of rotatable bonds is 8. The molecule has 0 radical (unpaired) electrons. The Hall–Kier alpha value is -1.72. The Morgan fingerprint density at radius 3 is 2.48 bits per heavy atom. The van der Waals surface area contributed by atoms with Gasteiger partial charge in [0.2, 0.25) is 0 Å². The maximum Gasteiger partial charge on any atom is 0.340 e. The van der Waals surface area contributed by atoms with Crippen LogP contribution in [-0.2, 0) is 11.8 Å². The number of ether oxygens (including phenoxy) is 2. The van der Waals surface area contributed by atoms with Gasteiger partial charge in [-0.2, -0.15) is 0 Å². The second-order valence-electron chi connectivity index (χ2n) is 5.79. The predicted molar refractivity (Wildman–Crippen MR) is 104 cm³/mol. The van der Waals surface area contributed by atoms with E-state index in [1.54, 1.807) is 0 Å². The van der Waals surface area contributed by atoms with Gasteiger partial charge in [0.05, 0.1) is 12.2 Å². The molecule has 6 heteroatoms. The normalized spacial score (nSPS) is 10.8. The van der Waals surface area contributed by atoms with Crippen LogP contribution in [0.15, 0.2) is 18.2 Å². The second kappa shape index (κ2) is 9.68. The average molecular weight is 369 g/mol. The van der Waals surface area contributed by atoms with Crippen molar-refractivity contribution < 1.29 is 14.3 Å². The summed E-state index contributed by atoms with van der Waals surface area (Å²) in [4.78, 5) is 14.6. The molecule has 0 fully saturated rings. The van der Waals surface area contributed by atoms with Crippen molar-refractivity contribution >= 4 is 29.3 Å². The number of halogens is 1. The van der Waals surface area contributed by atoms with E-state index in [0.29, 0.717) is 18.8 Å². The lowest BCUT2D eigenvalue weighted by Crippen LogP contribution is -2.27.